The molecule has 1 aromatic carbocycles. The first-order valence-electron chi connectivity index (χ1n) is 7.01. The van der Waals surface area contributed by atoms with E-state index in [0.717, 1.165) is 17.7 Å². The van der Waals surface area contributed by atoms with Crippen LogP contribution in [0, 0.1) is 5.82 Å². The van der Waals surface area contributed by atoms with Crippen molar-refractivity contribution >= 4 is 17.5 Å². The quantitative estimate of drug-likeness (QED) is 0.831. The Labute approximate surface area is 117 Å². The zero-order valence-corrected chi connectivity index (χ0v) is 11.4. The highest BCUT2D eigenvalue weighted by atomic mass is 19.1. The van der Waals surface area contributed by atoms with E-state index in [9.17, 15) is 14.0 Å². The minimum Gasteiger partial charge on any atom is -0.326 e. The number of carbonyl (C=O) groups is 2. The molecule has 5 heteroatoms. The maximum Gasteiger partial charge on any atom is 0.246 e. The average Bonchev–Trinajstić information content (AvgIpc) is 2.72. The van der Waals surface area contributed by atoms with Crippen molar-refractivity contribution in [2.45, 2.75) is 32.2 Å². The third-order valence-corrected chi connectivity index (χ3v) is 4.02. The molecule has 106 valence electrons. The van der Waals surface area contributed by atoms with Crippen LogP contribution < -0.4 is 4.90 Å². The first-order valence-corrected chi connectivity index (χ1v) is 7.01. The molecule has 0 bridgehead atoms. The Morgan fingerprint density at radius 1 is 1.30 bits per heavy atom. The second kappa shape index (κ2) is 4.89. The van der Waals surface area contributed by atoms with Crippen molar-refractivity contribution in [3.05, 3.63) is 29.6 Å². The van der Waals surface area contributed by atoms with Crippen LogP contribution in [0.3, 0.4) is 0 Å². The van der Waals surface area contributed by atoms with E-state index in [2.05, 4.69) is 0 Å². The largest absolute Gasteiger partial charge is 0.326 e. The van der Waals surface area contributed by atoms with E-state index in [4.69, 9.17) is 0 Å². The molecular weight excluding hydrogens is 259 g/mol. The van der Waals surface area contributed by atoms with E-state index in [1.807, 2.05) is 6.92 Å². The third kappa shape index (κ3) is 1.97. The van der Waals surface area contributed by atoms with Crippen LogP contribution in [0.1, 0.15) is 37.8 Å². The molecule has 0 saturated carbocycles. The van der Waals surface area contributed by atoms with Gasteiger partial charge in [-0.15, -0.1) is 0 Å². The third-order valence-electron chi connectivity index (χ3n) is 4.02. The summed E-state index contributed by atoms with van der Waals surface area (Å²) in [6.45, 7) is 2.68. The van der Waals surface area contributed by atoms with Gasteiger partial charge in [-0.25, -0.2) is 4.39 Å². The molecule has 2 heterocycles. The number of fused-ring (bicyclic) bond motifs is 3. The lowest BCUT2D eigenvalue weighted by molar-refractivity contribution is -0.133. The summed E-state index contributed by atoms with van der Waals surface area (Å²) in [4.78, 5) is 27.6. The minimum absolute atomic E-state index is 0.0168. The Morgan fingerprint density at radius 2 is 2.10 bits per heavy atom. The number of anilines is 1. The van der Waals surface area contributed by atoms with E-state index in [-0.39, 0.29) is 30.2 Å². The number of hydrogen-bond donors (Lipinski definition) is 0. The van der Waals surface area contributed by atoms with Gasteiger partial charge in [-0.2, -0.15) is 0 Å². The van der Waals surface area contributed by atoms with Gasteiger partial charge in [0.15, 0.2) is 0 Å². The maximum atomic E-state index is 13.6. The Hall–Kier alpha value is -1.91. The van der Waals surface area contributed by atoms with Gasteiger partial charge >= 0.3 is 0 Å². The summed E-state index contributed by atoms with van der Waals surface area (Å²) in [5.74, 6) is -0.428. The van der Waals surface area contributed by atoms with E-state index >= 15 is 0 Å². The fourth-order valence-electron chi connectivity index (χ4n) is 3.13. The smallest absolute Gasteiger partial charge is 0.246 e. The molecule has 1 aromatic rings. The van der Waals surface area contributed by atoms with Crippen LogP contribution in [0.4, 0.5) is 10.1 Å². The van der Waals surface area contributed by atoms with Gasteiger partial charge in [0.25, 0.3) is 0 Å². The SMILES string of the molecule is CCCN1C(=O)CN2C(=O)CCC2c2cc(F)ccc21. The number of benzene rings is 1. The monoisotopic (exact) mass is 276 g/mol. The van der Waals surface area contributed by atoms with Gasteiger partial charge in [-0.1, -0.05) is 6.92 Å². The van der Waals surface area contributed by atoms with E-state index in [0.29, 0.717) is 19.4 Å². The molecule has 0 spiro atoms. The molecule has 1 fully saturated rings. The highest BCUT2D eigenvalue weighted by Gasteiger charge is 2.39. The molecule has 2 aliphatic rings. The molecule has 0 radical (unpaired) electrons. The van der Waals surface area contributed by atoms with Gasteiger partial charge in [0.2, 0.25) is 11.8 Å². The minimum atomic E-state index is -0.325. The number of amides is 2. The predicted octanol–water partition coefficient (Wildman–Crippen LogP) is 2.25. The summed E-state index contributed by atoms with van der Waals surface area (Å²) in [6.07, 6.45) is 1.91. The molecule has 3 rings (SSSR count). The molecule has 20 heavy (non-hydrogen) atoms. The normalized spacial score (nSPS) is 21.8. The summed E-state index contributed by atoms with van der Waals surface area (Å²) in [5.41, 5.74) is 1.51. The first-order chi connectivity index (χ1) is 9.61. The molecular formula is C15H17FN2O2. The lowest BCUT2D eigenvalue weighted by atomic mass is 10.0. The van der Waals surface area contributed by atoms with Crippen LogP contribution in [-0.4, -0.2) is 29.8 Å². The van der Waals surface area contributed by atoms with Crippen LogP contribution in [-0.2, 0) is 9.59 Å². The molecule has 1 atom stereocenters. The second-order valence-electron chi connectivity index (χ2n) is 5.32. The standard InChI is InChI=1S/C15H17FN2O2/c1-2-7-17-12-4-3-10(16)8-11(12)13-5-6-14(19)18(13)9-15(17)20/h3-4,8,13H,2,5-7,9H2,1H3. The Kier molecular flexibility index (Phi) is 3.20. The van der Waals surface area contributed by atoms with Crippen LogP contribution in [0.15, 0.2) is 18.2 Å². The van der Waals surface area contributed by atoms with Crippen molar-refractivity contribution in [1.29, 1.82) is 0 Å². The molecule has 0 aliphatic carbocycles. The van der Waals surface area contributed by atoms with Crippen molar-refractivity contribution in [3.63, 3.8) is 0 Å². The summed E-state index contributed by atoms with van der Waals surface area (Å²) < 4.78 is 13.6. The average molecular weight is 276 g/mol. The van der Waals surface area contributed by atoms with Gasteiger partial charge < -0.3 is 9.80 Å². The van der Waals surface area contributed by atoms with E-state index < -0.39 is 0 Å². The van der Waals surface area contributed by atoms with E-state index in [1.54, 1.807) is 15.9 Å². The lowest BCUT2D eigenvalue weighted by Gasteiger charge is -2.22. The predicted molar refractivity (Wildman–Crippen MR) is 72.7 cm³/mol. The molecule has 2 amide bonds. The molecule has 1 unspecified atom stereocenters. The number of halogens is 1. The van der Waals surface area contributed by atoms with Crippen molar-refractivity contribution in [2.75, 3.05) is 18.0 Å². The Bertz CT molecular complexity index is 573. The first kappa shape index (κ1) is 13.1. The van der Waals surface area contributed by atoms with Gasteiger partial charge in [0.1, 0.15) is 12.4 Å². The summed E-state index contributed by atoms with van der Waals surface area (Å²) in [7, 11) is 0. The van der Waals surface area contributed by atoms with Crippen LogP contribution in [0.5, 0.6) is 0 Å². The number of nitrogens with zero attached hydrogens (tertiary/aromatic N) is 2. The Balaban J connectivity index is 2.13. The molecule has 4 nitrogen and oxygen atoms in total. The van der Waals surface area contributed by atoms with Gasteiger partial charge in [0, 0.05) is 24.2 Å². The fraction of sp³-hybridized carbons (Fsp3) is 0.467. The zero-order valence-electron chi connectivity index (χ0n) is 11.4. The second-order valence-corrected chi connectivity index (χ2v) is 5.32. The number of hydrogen-bond acceptors (Lipinski definition) is 2. The highest BCUT2D eigenvalue weighted by Crippen LogP contribution is 2.40. The van der Waals surface area contributed by atoms with Gasteiger partial charge in [-0.3, -0.25) is 9.59 Å². The van der Waals surface area contributed by atoms with Crippen molar-refractivity contribution in [3.8, 4) is 0 Å². The maximum absolute atomic E-state index is 13.6. The lowest BCUT2D eigenvalue weighted by Crippen LogP contribution is -2.39. The number of rotatable bonds is 2. The van der Waals surface area contributed by atoms with E-state index in [1.165, 1.54) is 12.1 Å². The molecule has 0 N–H and O–H groups in total. The number of carbonyl (C=O) groups excluding carboxylic acids is 2. The van der Waals surface area contributed by atoms with Crippen LogP contribution in [0.2, 0.25) is 0 Å². The molecule has 1 saturated heterocycles. The fourth-order valence-corrected chi connectivity index (χ4v) is 3.13. The molecule has 0 aromatic heterocycles. The highest BCUT2D eigenvalue weighted by molar-refractivity contribution is 5.99. The summed E-state index contributed by atoms with van der Waals surface area (Å²) in [5, 5.41) is 0. The summed E-state index contributed by atoms with van der Waals surface area (Å²) in [6, 6.07) is 4.33. The van der Waals surface area contributed by atoms with Crippen LogP contribution >= 0.6 is 0 Å². The Morgan fingerprint density at radius 3 is 2.85 bits per heavy atom. The topological polar surface area (TPSA) is 40.6 Å². The van der Waals surface area contributed by atoms with Crippen molar-refractivity contribution < 1.29 is 14.0 Å². The molecule has 2 aliphatic heterocycles. The van der Waals surface area contributed by atoms with Crippen molar-refractivity contribution in [1.82, 2.24) is 4.90 Å². The van der Waals surface area contributed by atoms with Gasteiger partial charge in [0.05, 0.1) is 6.04 Å². The van der Waals surface area contributed by atoms with Crippen molar-refractivity contribution in [2.24, 2.45) is 0 Å². The van der Waals surface area contributed by atoms with Crippen LogP contribution in [0.25, 0.3) is 0 Å². The zero-order chi connectivity index (χ0) is 14.3. The summed E-state index contributed by atoms with van der Waals surface area (Å²) >= 11 is 0. The van der Waals surface area contributed by atoms with Gasteiger partial charge in [-0.05, 0) is 31.0 Å².